The monoisotopic (exact) mass is 203 g/mol. The summed E-state index contributed by atoms with van der Waals surface area (Å²) in [5, 5.41) is -0.0249. The van der Waals surface area contributed by atoms with Crippen LogP contribution in [0, 0.1) is 5.92 Å². The molecule has 13 heavy (non-hydrogen) atoms. The van der Waals surface area contributed by atoms with Crippen LogP contribution in [-0.4, -0.2) is 31.1 Å². The van der Waals surface area contributed by atoms with E-state index in [4.69, 9.17) is 0 Å². The van der Waals surface area contributed by atoms with E-state index in [0.717, 1.165) is 38.8 Å². The molecule has 0 bridgehead atoms. The van der Waals surface area contributed by atoms with Crippen LogP contribution in [0.15, 0.2) is 0 Å². The molecule has 0 N–H and O–H groups in total. The molecule has 0 aromatic rings. The minimum absolute atomic E-state index is 0.0249. The second kappa shape index (κ2) is 3.24. The third-order valence-electron chi connectivity index (χ3n) is 3.13. The molecule has 1 saturated carbocycles. The second-order valence-corrected chi connectivity index (χ2v) is 6.38. The Morgan fingerprint density at radius 1 is 1.31 bits per heavy atom. The molecule has 4 heteroatoms. The minimum atomic E-state index is -2.88. The standard InChI is InChI=1S/C9H17NO2S/c1-2-8-5-6-10(7-8)13(11,12)9-3-4-9/h8-9H,2-7H2,1H3. The first kappa shape index (κ1) is 9.46. The largest absolute Gasteiger partial charge is 0.216 e. The van der Waals surface area contributed by atoms with Crippen LogP contribution in [0.3, 0.4) is 0 Å². The molecule has 0 aromatic carbocycles. The summed E-state index contributed by atoms with van der Waals surface area (Å²) in [5.74, 6) is 0.605. The Bertz CT molecular complexity index is 282. The van der Waals surface area contributed by atoms with E-state index in [0.29, 0.717) is 5.92 Å². The predicted molar refractivity (Wildman–Crippen MR) is 51.9 cm³/mol. The first-order valence-electron chi connectivity index (χ1n) is 5.13. The molecule has 1 atom stereocenters. The van der Waals surface area contributed by atoms with Crippen LogP contribution >= 0.6 is 0 Å². The summed E-state index contributed by atoms with van der Waals surface area (Å²) in [5.41, 5.74) is 0. The molecule has 2 rings (SSSR count). The van der Waals surface area contributed by atoms with E-state index in [9.17, 15) is 8.42 Å². The SMILES string of the molecule is CCC1CCN(S(=O)(=O)C2CC2)C1. The van der Waals surface area contributed by atoms with Crippen LogP contribution < -0.4 is 0 Å². The highest BCUT2D eigenvalue weighted by Gasteiger charge is 2.42. The smallest absolute Gasteiger partial charge is 0.212 e. The first-order valence-corrected chi connectivity index (χ1v) is 6.64. The van der Waals surface area contributed by atoms with Gasteiger partial charge in [0.05, 0.1) is 5.25 Å². The summed E-state index contributed by atoms with van der Waals surface area (Å²) >= 11 is 0. The molecule has 1 heterocycles. The molecule has 3 nitrogen and oxygen atoms in total. The topological polar surface area (TPSA) is 37.4 Å². The van der Waals surface area contributed by atoms with Crippen molar-refractivity contribution in [3.05, 3.63) is 0 Å². The van der Waals surface area contributed by atoms with E-state index >= 15 is 0 Å². The maximum absolute atomic E-state index is 11.8. The maximum atomic E-state index is 11.8. The van der Waals surface area contributed by atoms with Gasteiger partial charge in [-0.25, -0.2) is 12.7 Å². The van der Waals surface area contributed by atoms with E-state index in [-0.39, 0.29) is 5.25 Å². The van der Waals surface area contributed by atoms with Gasteiger partial charge in [-0.05, 0) is 25.2 Å². The normalized spacial score (nSPS) is 31.0. The van der Waals surface area contributed by atoms with Gasteiger partial charge < -0.3 is 0 Å². The zero-order chi connectivity index (χ0) is 9.47. The summed E-state index contributed by atoms with van der Waals surface area (Å²) in [6.07, 6.45) is 3.93. The van der Waals surface area contributed by atoms with Gasteiger partial charge in [0.15, 0.2) is 0 Å². The van der Waals surface area contributed by atoms with Gasteiger partial charge >= 0.3 is 0 Å². The van der Waals surface area contributed by atoms with Crippen molar-refractivity contribution >= 4 is 10.0 Å². The number of hydrogen-bond donors (Lipinski definition) is 0. The molecule has 1 unspecified atom stereocenters. The Labute approximate surface area is 80.2 Å². The Kier molecular flexibility index (Phi) is 2.36. The van der Waals surface area contributed by atoms with Crippen molar-refractivity contribution in [3.8, 4) is 0 Å². The molecule has 2 fully saturated rings. The Hall–Kier alpha value is -0.0900. The number of nitrogens with zero attached hydrogens (tertiary/aromatic N) is 1. The summed E-state index contributed by atoms with van der Waals surface area (Å²) < 4.78 is 25.3. The molecule has 1 saturated heterocycles. The lowest BCUT2D eigenvalue weighted by Gasteiger charge is -2.15. The lowest BCUT2D eigenvalue weighted by molar-refractivity contribution is 0.452. The van der Waals surface area contributed by atoms with Crippen LogP contribution in [0.2, 0.25) is 0 Å². The maximum Gasteiger partial charge on any atom is 0.216 e. The van der Waals surface area contributed by atoms with Crippen molar-refractivity contribution in [1.29, 1.82) is 0 Å². The predicted octanol–water partition coefficient (Wildman–Crippen LogP) is 1.21. The van der Waals surface area contributed by atoms with Crippen molar-refractivity contribution in [3.63, 3.8) is 0 Å². The third kappa shape index (κ3) is 1.74. The van der Waals surface area contributed by atoms with Gasteiger partial charge in [0.2, 0.25) is 10.0 Å². The van der Waals surface area contributed by atoms with Gasteiger partial charge in [-0.3, -0.25) is 0 Å². The Balaban J connectivity index is 2.02. The molecular weight excluding hydrogens is 186 g/mol. The molecular formula is C9H17NO2S. The average Bonchev–Trinajstić information content (AvgIpc) is 2.84. The molecule has 2 aliphatic rings. The minimum Gasteiger partial charge on any atom is -0.212 e. The third-order valence-corrected chi connectivity index (χ3v) is 5.50. The first-order chi connectivity index (χ1) is 6.14. The molecule has 1 aliphatic carbocycles. The van der Waals surface area contributed by atoms with E-state index < -0.39 is 10.0 Å². The quantitative estimate of drug-likeness (QED) is 0.691. The van der Waals surface area contributed by atoms with Crippen LogP contribution in [0.25, 0.3) is 0 Å². The van der Waals surface area contributed by atoms with Gasteiger partial charge in [0.25, 0.3) is 0 Å². The van der Waals surface area contributed by atoms with Gasteiger partial charge in [-0.15, -0.1) is 0 Å². The number of hydrogen-bond acceptors (Lipinski definition) is 2. The highest BCUT2D eigenvalue weighted by molar-refractivity contribution is 7.90. The van der Waals surface area contributed by atoms with E-state index in [1.807, 2.05) is 0 Å². The molecule has 0 radical (unpaired) electrons. The summed E-state index contributed by atoms with van der Waals surface area (Å²) in [6, 6.07) is 0. The van der Waals surface area contributed by atoms with E-state index in [1.165, 1.54) is 0 Å². The zero-order valence-corrected chi connectivity index (χ0v) is 8.89. The number of rotatable bonds is 3. The fraction of sp³-hybridized carbons (Fsp3) is 1.00. The zero-order valence-electron chi connectivity index (χ0n) is 8.07. The lowest BCUT2D eigenvalue weighted by Crippen LogP contribution is -2.31. The lowest BCUT2D eigenvalue weighted by atomic mass is 10.1. The van der Waals surface area contributed by atoms with Gasteiger partial charge in [-0.1, -0.05) is 13.3 Å². The van der Waals surface area contributed by atoms with Crippen LogP contribution in [-0.2, 0) is 10.0 Å². The van der Waals surface area contributed by atoms with Crippen LogP contribution in [0.5, 0.6) is 0 Å². The van der Waals surface area contributed by atoms with Crippen LogP contribution in [0.1, 0.15) is 32.6 Å². The van der Waals surface area contributed by atoms with E-state index in [1.54, 1.807) is 4.31 Å². The summed E-state index contributed by atoms with van der Waals surface area (Å²) in [4.78, 5) is 0. The van der Waals surface area contributed by atoms with Crippen molar-refractivity contribution in [2.24, 2.45) is 5.92 Å². The molecule has 0 spiro atoms. The van der Waals surface area contributed by atoms with Crippen LogP contribution in [0.4, 0.5) is 0 Å². The van der Waals surface area contributed by atoms with E-state index in [2.05, 4.69) is 6.92 Å². The highest BCUT2D eigenvalue weighted by atomic mass is 32.2. The summed E-state index contributed by atoms with van der Waals surface area (Å²) in [7, 11) is -2.88. The van der Waals surface area contributed by atoms with Crippen molar-refractivity contribution in [2.45, 2.75) is 37.9 Å². The van der Waals surface area contributed by atoms with Gasteiger partial charge in [-0.2, -0.15) is 0 Å². The molecule has 76 valence electrons. The molecule has 0 amide bonds. The molecule has 1 aliphatic heterocycles. The fourth-order valence-electron chi connectivity index (χ4n) is 1.94. The highest BCUT2D eigenvalue weighted by Crippen LogP contribution is 2.34. The second-order valence-electron chi connectivity index (χ2n) is 4.17. The summed E-state index contributed by atoms with van der Waals surface area (Å²) in [6.45, 7) is 3.67. The van der Waals surface area contributed by atoms with Gasteiger partial charge in [0.1, 0.15) is 0 Å². The Morgan fingerprint density at radius 3 is 2.46 bits per heavy atom. The fourth-order valence-corrected chi connectivity index (χ4v) is 3.87. The van der Waals surface area contributed by atoms with Gasteiger partial charge in [0, 0.05) is 13.1 Å². The van der Waals surface area contributed by atoms with Crippen molar-refractivity contribution in [2.75, 3.05) is 13.1 Å². The molecule has 0 aromatic heterocycles. The number of sulfonamides is 1. The Morgan fingerprint density at radius 2 is 2.00 bits per heavy atom. The van der Waals surface area contributed by atoms with Crippen molar-refractivity contribution < 1.29 is 8.42 Å². The van der Waals surface area contributed by atoms with Crippen molar-refractivity contribution in [1.82, 2.24) is 4.31 Å². The average molecular weight is 203 g/mol.